The number of halogens is 3. The third-order valence-corrected chi connectivity index (χ3v) is 4.25. The Morgan fingerprint density at radius 3 is 1.82 bits per heavy atom. The van der Waals surface area contributed by atoms with Crippen LogP contribution in [0.2, 0.25) is 25.7 Å². The molecule has 0 fully saturated rings. The minimum absolute atomic E-state index is 0.997. The van der Waals surface area contributed by atoms with Gasteiger partial charge in [-0.15, -0.1) is 33.2 Å². The van der Waals surface area contributed by atoms with Crippen LogP contribution in [-0.4, -0.2) is 14.1 Å². The molecule has 0 unspecified atom stereocenters. The summed E-state index contributed by atoms with van der Waals surface area (Å²) in [6.07, 6.45) is 2.02. The molecule has 0 aliphatic carbocycles. The molecule has 0 N–H and O–H groups in total. The second kappa shape index (κ2) is 4.33. The number of allylic oxidation sites excluding steroid dienone is 1. The standard InChI is InChI=1S/C6H13Cl3Si2/c1-10(2,3)5-4-6-11(7,8)9/h4,6H,5H2,1-3H3. The van der Waals surface area contributed by atoms with Gasteiger partial charge < -0.3 is 0 Å². The lowest BCUT2D eigenvalue weighted by Gasteiger charge is -2.12. The Balaban J connectivity index is 3.80. The van der Waals surface area contributed by atoms with Crippen LogP contribution in [0.1, 0.15) is 0 Å². The Labute approximate surface area is 84.7 Å². The van der Waals surface area contributed by atoms with E-state index in [2.05, 4.69) is 19.6 Å². The molecule has 0 saturated heterocycles. The van der Waals surface area contributed by atoms with Crippen molar-refractivity contribution < 1.29 is 0 Å². The van der Waals surface area contributed by atoms with Gasteiger partial charge in [0.1, 0.15) is 0 Å². The van der Waals surface area contributed by atoms with Crippen molar-refractivity contribution in [1.29, 1.82) is 0 Å². The second-order valence-electron chi connectivity index (χ2n) is 3.71. The molecule has 5 heteroatoms. The topological polar surface area (TPSA) is 0 Å². The summed E-state index contributed by atoms with van der Waals surface area (Å²) in [6, 6.07) is -1.41. The lowest BCUT2D eigenvalue weighted by molar-refractivity contribution is 1.52. The molecule has 0 aromatic carbocycles. The van der Waals surface area contributed by atoms with Gasteiger partial charge in [0.25, 0.3) is 0 Å². The summed E-state index contributed by atoms with van der Waals surface area (Å²) < 4.78 is 0. The van der Waals surface area contributed by atoms with E-state index in [1.54, 1.807) is 5.70 Å². The molecule has 11 heavy (non-hydrogen) atoms. The van der Waals surface area contributed by atoms with Crippen molar-refractivity contribution in [3.05, 3.63) is 11.8 Å². The van der Waals surface area contributed by atoms with E-state index in [-0.39, 0.29) is 0 Å². The first kappa shape index (κ1) is 12.0. The van der Waals surface area contributed by atoms with Crippen molar-refractivity contribution in [2.45, 2.75) is 25.7 Å². The number of hydrogen-bond donors (Lipinski definition) is 0. The van der Waals surface area contributed by atoms with Crippen LogP contribution >= 0.6 is 33.2 Å². The molecule has 0 aromatic heterocycles. The fourth-order valence-corrected chi connectivity index (χ4v) is 2.79. The lowest BCUT2D eigenvalue weighted by atomic mass is 10.8. The van der Waals surface area contributed by atoms with Crippen molar-refractivity contribution >= 4 is 47.3 Å². The lowest BCUT2D eigenvalue weighted by Crippen LogP contribution is -2.18. The minimum atomic E-state index is -2.50. The largest absolute Gasteiger partial charge is 0.365 e. The molecular formula is C6H13Cl3Si2. The van der Waals surface area contributed by atoms with Gasteiger partial charge in [-0.2, -0.15) is 0 Å². The van der Waals surface area contributed by atoms with E-state index in [9.17, 15) is 0 Å². The van der Waals surface area contributed by atoms with Gasteiger partial charge in [0, 0.05) is 8.07 Å². The maximum Gasteiger partial charge on any atom is 0.365 e. The van der Waals surface area contributed by atoms with E-state index >= 15 is 0 Å². The fraction of sp³-hybridized carbons (Fsp3) is 0.667. The van der Waals surface area contributed by atoms with Crippen LogP contribution in [0, 0.1) is 0 Å². The van der Waals surface area contributed by atoms with E-state index in [0.717, 1.165) is 6.04 Å². The summed E-state index contributed by atoms with van der Waals surface area (Å²) in [5.74, 6) is 0. The van der Waals surface area contributed by atoms with Crippen LogP contribution < -0.4 is 0 Å². The molecule has 0 aliphatic heterocycles. The second-order valence-corrected chi connectivity index (χ2v) is 17.8. The zero-order valence-corrected chi connectivity index (χ0v) is 11.3. The molecule has 0 radical (unpaired) electrons. The Kier molecular flexibility index (Phi) is 4.74. The van der Waals surface area contributed by atoms with Crippen molar-refractivity contribution in [3.8, 4) is 0 Å². The molecule has 0 aliphatic rings. The first-order chi connectivity index (χ1) is 4.71. The van der Waals surface area contributed by atoms with Gasteiger partial charge in [-0.3, -0.25) is 0 Å². The Bertz CT molecular complexity index is 143. The van der Waals surface area contributed by atoms with Crippen LogP contribution in [0.15, 0.2) is 11.8 Å². The Morgan fingerprint density at radius 2 is 1.55 bits per heavy atom. The summed E-state index contributed by atoms with van der Waals surface area (Å²) in [7, 11) is -0.997. The van der Waals surface area contributed by atoms with Crippen LogP contribution in [0.4, 0.5) is 0 Å². The molecule has 0 saturated carbocycles. The molecular weight excluding hydrogens is 235 g/mol. The monoisotopic (exact) mass is 246 g/mol. The van der Waals surface area contributed by atoms with Gasteiger partial charge in [-0.1, -0.05) is 31.4 Å². The molecule has 0 aromatic rings. The predicted molar refractivity (Wildman–Crippen MR) is 60.6 cm³/mol. The highest BCUT2D eigenvalue weighted by atomic mass is 35.8. The van der Waals surface area contributed by atoms with E-state index in [1.807, 2.05) is 6.08 Å². The van der Waals surface area contributed by atoms with Gasteiger partial charge >= 0.3 is 6.00 Å². The van der Waals surface area contributed by atoms with Crippen molar-refractivity contribution in [2.24, 2.45) is 0 Å². The summed E-state index contributed by atoms with van der Waals surface area (Å²) >= 11 is 17.0. The molecule has 0 bridgehead atoms. The van der Waals surface area contributed by atoms with Crippen LogP contribution in [-0.2, 0) is 0 Å². The quantitative estimate of drug-likeness (QED) is 0.521. The van der Waals surface area contributed by atoms with Gasteiger partial charge in [0.15, 0.2) is 0 Å². The Morgan fingerprint density at radius 1 is 1.09 bits per heavy atom. The molecule has 66 valence electrons. The summed E-state index contributed by atoms with van der Waals surface area (Å²) in [5, 5.41) is 0. The molecule has 0 nitrogen and oxygen atoms in total. The van der Waals surface area contributed by atoms with E-state index in [1.165, 1.54) is 0 Å². The first-order valence-corrected chi connectivity index (χ1v) is 12.3. The third kappa shape index (κ3) is 11.0. The minimum Gasteiger partial charge on any atom is -0.121 e. The summed E-state index contributed by atoms with van der Waals surface area (Å²) in [5.41, 5.74) is 1.76. The Hall–Kier alpha value is 1.04. The SMILES string of the molecule is C[Si](C)(C)CC=C[Si](Cl)(Cl)Cl. The van der Waals surface area contributed by atoms with Crippen molar-refractivity contribution in [2.75, 3.05) is 0 Å². The summed E-state index contributed by atoms with van der Waals surface area (Å²) in [6.45, 7) is 6.87. The average molecular weight is 248 g/mol. The smallest absolute Gasteiger partial charge is 0.121 e. The number of hydrogen-bond acceptors (Lipinski definition) is 0. The normalized spacial score (nSPS) is 14.4. The zero-order chi connectivity index (χ0) is 9.12. The van der Waals surface area contributed by atoms with E-state index in [4.69, 9.17) is 33.2 Å². The maximum absolute atomic E-state index is 5.66. The maximum atomic E-state index is 5.66. The van der Waals surface area contributed by atoms with Crippen molar-refractivity contribution in [3.63, 3.8) is 0 Å². The highest BCUT2D eigenvalue weighted by molar-refractivity contribution is 7.66. The van der Waals surface area contributed by atoms with Gasteiger partial charge in [-0.25, -0.2) is 0 Å². The zero-order valence-electron chi connectivity index (χ0n) is 7.00. The van der Waals surface area contributed by atoms with Crippen LogP contribution in [0.5, 0.6) is 0 Å². The van der Waals surface area contributed by atoms with E-state index in [0.29, 0.717) is 0 Å². The fourth-order valence-electron chi connectivity index (χ4n) is 0.546. The summed E-state index contributed by atoms with van der Waals surface area (Å²) in [4.78, 5) is 0. The molecule has 0 rings (SSSR count). The predicted octanol–water partition coefficient (Wildman–Crippen LogP) is 4.08. The van der Waals surface area contributed by atoms with Gasteiger partial charge in [0.2, 0.25) is 0 Å². The molecule has 0 atom stereocenters. The molecule has 0 heterocycles. The highest BCUT2D eigenvalue weighted by Gasteiger charge is 2.20. The number of rotatable bonds is 3. The van der Waals surface area contributed by atoms with Crippen molar-refractivity contribution in [1.82, 2.24) is 0 Å². The van der Waals surface area contributed by atoms with Crippen LogP contribution in [0.3, 0.4) is 0 Å². The van der Waals surface area contributed by atoms with E-state index < -0.39 is 14.1 Å². The average Bonchev–Trinajstić information content (AvgIpc) is 1.55. The highest BCUT2D eigenvalue weighted by Crippen LogP contribution is 2.22. The van der Waals surface area contributed by atoms with Gasteiger partial charge in [-0.05, 0) is 6.04 Å². The van der Waals surface area contributed by atoms with Crippen LogP contribution in [0.25, 0.3) is 0 Å². The molecule has 0 amide bonds. The third-order valence-electron chi connectivity index (χ3n) is 1.04. The van der Waals surface area contributed by atoms with Gasteiger partial charge in [0.05, 0.1) is 0 Å². The molecule has 0 spiro atoms. The first-order valence-electron chi connectivity index (χ1n) is 3.45.